The highest BCUT2D eigenvalue weighted by Crippen LogP contribution is 2.31. The minimum absolute atomic E-state index is 0.0148. The Morgan fingerprint density at radius 1 is 1.06 bits per heavy atom. The maximum absolute atomic E-state index is 12.6. The number of hydrogen-bond donors (Lipinski definition) is 1. The van der Waals surface area contributed by atoms with E-state index in [1.54, 1.807) is 23.1 Å². The van der Waals surface area contributed by atoms with Crippen LogP contribution in [-0.2, 0) is 16.1 Å². The monoisotopic (exact) mass is 422 g/mol. The smallest absolute Gasteiger partial charge is 0.292 e. The Morgan fingerprint density at radius 3 is 2.42 bits per heavy atom. The largest absolute Gasteiger partial charge is 0.366 e. The molecule has 0 atom stereocenters. The average Bonchev–Trinajstić information content (AvgIpc) is 3.23. The Morgan fingerprint density at radius 2 is 1.77 bits per heavy atom. The number of carbonyl (C=O) groups excluding carboxylic acids is 2. The van der Waals surface area contributed by atoms with Gasteiger partial charge in [-0.15, -0.1) is 0 Å². The number of rotatable bonds is 6. The number of nitrogens with one attached hydrogen (secondary N) is 1. The summed E-state index contributed by atoms with van der Waals surface area (Å²) in [5.74, 6) is 0.0785. The van der Waals surface area contributed by atoms with Gasteiger partial charge < -0.3 is 15.1 Å². The minimum atomic E-state index is -0.362. The van der Waals surface area contributed by atoms with Crippen LogP contribution in [0.4, 0.5) is 17.1 Å². The average molecular weight is 422 g/mol. The third-order valence-electron chi connectivity index (χ3n) is 6.07. The number of benzene rings is 2. The molecule has 8 nitrogen and oxygen atoms in total. The highest BCUT2D eigenvalue weighted by atomic mass is 16.6. The first kappa shape index (κ1) is 20.8. The van der Waals surface area contributed by atoms with E-state index < -0.39 is 0 Å². The van der Waals surface area contributed by atoms with E-state index in [2.05, 4.69) is 5.32 Å². The number of nitrogens with zero attached hydrogens (tertiary/aromatic N) is 3. The van der Waals surface area contributed by atoms with Gasteiger partial charge >= 0.3 is 0 Å². The molecule has 2 aliphatic rings. The van der Waals surface area contributed by atoms with Crippen LogP contribution in [0.3, 0.4) is 0 Å². The van der Waals surface area contributed by atoms with E-state index in [9.17, 15) is 19.7 Å². The number of amides is 2. The van der Waals surface area contributed by atoms with E-state index in [1.807, 2.05) is 29.2 Å². The predicted molar refractivity (Wildman–Crippen MR) is 118 cm³/mol. The SMILES string of the molecule is O=C(NCc1ccc(N2CCCC2=O)cc1)C1CCN(c2ccccc2[N+](=O)[O-])CC1. The second-order valence-electron chi connectivity index (χ2n) is 8.04. The van der Waals surface area contributed by atoms with Crippen molar-refractivity contribution in [3.05, 3.63) is 64.2 Å². The van der Waals surface area contributed by atoms with Crippen LogP contribution in [0.5, 0.6) is 0 Å². The Kier molecular flexibility index (Phi) is 6.16. The molecule has 2 amide bonds. The molecule has 0 unspecified atom stereocenters. The van der Waals surface area contributed by atoms with Crippen LogP contribution in [-0.4, -0.2) is 36.4 Å². The third kappa shape index (κ3) is 4.68. The highest BCUT2D eigenvalue weighted by Gasteiger charge is 2.28. The Hall–Kier alpha value is -3.42. The molecule has 4 rings (SSSR count). The van der Waals surface area contributed by atoms with Gasteiger partial charge in [-0.1, -0.05) is 24.3 Å². The third-order valence-corrected chi connectivity index (χ3v) is 6.07. The molecule has 162 valence electrons. The van der Waals surface area contributed by atoms with E-state index in [1.165, 1.54) is 6.07 Å². The second kappa shape index (κ2) is 9.16. The fourth-order valence-corrected chi connectivity index (χ4v) is 4.32. The summed E-state index contributed by atoms with van der Waals surface area (Å²) in [6, 6.07) is 14.5. The van der Waals surface area contributed by atoms with Crippen molar-refractivity contribution >= 4 is 28.9 Å². The summed E-state index contributed by atoms with van der Waals surface area (Å²) in [6.07, 6.45) is 2.82. The summed E-state index contributed by atoms with van der Waals surface area (Å²) < 4.78 is 0. The molecule has 0 spiro atoms. The molecular formula is C23H26N4O4. The summed E-state index contributed by atoms with van der Waals surface area (Å²) in [5.41, 5.74) is 2.61. The number of nitro groups is 1. The number of nitro benzene ring substituents is 1. The quantitative estimate of drug-likeness (QED) is 0.569. The summed E-state index contributed by atoms with van der Waals surface area (Å²) in [5, 5.41) is 14.3. The lowest BCUT2D eigenvalue weighted by Gasteiger charge is -2.32. The zero-order valence-corrected chi connectivity index (χ0v) is 17.3. The van der Waals surface area contributed by atoms with Crippen molar-refractivity contribution in [2.75, 3.05) is 29.4 Å². The van der Waals surface area contributed by atoms with E-state index in [4.69, 9.17) is 0 Å². The first-order valence-electron chi connectivity index (χ1n) is 10.7. The molecule has 0 saturated carbocycles. The standard InChI is InChI=1S/C23H26N4O4/c28-22-6-3-13-26(22)19-9-7-17(8-10-19)16-24-23(29)18-11-14-25(15-12-18)20-4-1-2-5-21(20)27(30)31/h1-2,4-5,7-10,18H,3,6,11-16H2,(H,24,29). The van der Waals surface area contributed by atoms with Crippen molar-refractivity contribution in [2.45, 2.75) is 32.2 Å². The van der Waals surface area contributed by atoms with E-state index in [0.29, 0.717) is 44.6 Å². The van der Waals surface area contributed by atoms with E-state index in [0.717, 1.165) is 24.2 Å². The normalized spacial score (nSPS) is 17.1. The zero-order chi connectivity index (χ0) is 21.8. The molecule has 31 heavy (non-hydrogen) atoms. The summed E-state index contributed by atoms with van der Waals surface area (Å²) in [7, 11) is 0. The number of piperidine rings is 1. The lowest BCUT2D eigenvalue weighted by Crippen LogP contribution is -2.40. The van der Waals surface area contributed by atoms with Crippen molar-refractivity contribution in [1.82, 2.24) is 5.32 Å². The van der Waals surface area contributed by atoms with Gasteiger partial charge in [0.1, 0.15) is 5.69 Å². The lowest BCUT2D eigenvalue weighted by atomic mass is 9.95. The molecule has 0 aromatic heterocycles. The van der Waals surface area contributed by atoms with Crippen LogP contribution in [0.2, 0.25) is 0 Å². The summed E-state index contributed by atoms with van der Waals surface area (Å²) >= 11 is 0. The first-order valence-corrected chi connectivity index (χ1v) is 10.7. The molecule has 1 N–H and O–H groups in total. The molecule has 8 heteroatoms. The van der Waals surface area contributed by atoms with Gasteiger partial charge in [-0.2, -0.15) is 0 Å². The number of anilines is 2. The Balaban J connectivity index is 1.28. The van der Waals surface area contributed by atoms with Crippen LogP contribution in [0.25, 0.3) is 0 Å². The number of hydrogen-bond acceptors (Lipinski definition) is 5. The van der Waals surface area contributed by atoms with Crippen molar-refractivity contribution in [3.63, 3.8) is 0 Å². The fourth-order valence-electron chi connectivity index (χ4n) is 4.32. The molecule has 2 aromatic rings. The van der Waals surface area contributed by atoms with Gasteiger partial charge in [0.15, 0.2) is 0 Å². The topological polar surface area (TPSA) is 95.8 Å². The minimum Gasteiger partial charge on any atom is -0.366 e. The fraction of sp³-hybridized carbons (Fsp3) is 0.391. The van der Waals surface area contributed by atoms with Crippen LogP contribution < -0.4 is 15.1 Å². The van der Waals surface area contributed by atoms with Gasteiger partial charge in [-0.25, -0.2) is 0 Å². The molecule has 2 saturated heterocycles. The van der Waals surface area contributed by atoms with Gasteiger partial charge in [-0.05, 0) is 43.0 Å². The van der Waals surface area contributed by atoms with Crippen LogP contribution >= 0.6 is 0 Å². The first-order chi connectivity index (χ1) is 15.0. The number of para-hydroxylation sites is 2. The van der Waals surface area contributed by atoms with Crippen molar-refractivity contribution in [3.8, 4) is 0 Å². The Labute approximate surface area is 181 Å². The maximum Gasteiger partial charge on any atom is 0.292 e. The molecular weight excluding hydrogens is 396 g/mol. The zero-order valence-electron chi connectivity index (χ0n) is 17.3. The molecule has 0 radical (unpaired) electrons. The molecule has 0 aliphatic carbocycles. The van der Waals surface area contributed by atoms with Crippen LogP contribution in [0.15, 0.2) is 48.5 Å². The summed E-state index contributed by atoms with van der Waals surface area (Å²) in [4.78, 5) is 39.2. The predicted octanol–water partition coefficient (Wildman–Crippen LogP) is 3.25. The molecule has 0 bridgehead atoms. The Bertz CT molecular complexity index is 968. The maximum atomic E-state index is 12.6. The number of carbonyl (C=O) groups is 2. The van der Waals surface area contributed by atoms with Gasteiger partial charge in [0.25, 0.3) is 5.69 Å². The van der Waals surface area contributed by atoms with E-state index >= 15 is 0 Å². The van der Waals surface area contributed by atoms with E-state index in [-0.39, 0.29) is 28.3 Å². The van der Waals surface area contributed by atoms with Gasteiger partial charge in [0.05, 0.1) is 4.92 Å². The second-order valence-corrected chi connectivity index (χ2v) is 8.04. The highest BCUT2D eigenvalue weighted by molar-refractivity contribution is 5.95. The molecule has 2 aliphatic heterocycles. The summed E-state index contributed by atoms with van der Waals surface area (Å²) in [6.45, 7) is 2.43. The van der Waals surface area contributed by atoms with Gasteiger partial charge in [0.2, 0.25) is 11.8 Å². The van der Waals surface area contributed by atoms with Gasteiger partial charge in [0, 0.05) is 50.3 Å². The molecule has 2 fully saturated rings. The van der Waals surface area contributed by atoms with Gasteiger partial charge in [-0.3, -0.25) is 19.7 Å². The van der Waals surface area contributed by atoms with Crippen molar-refractivity contribution in [1.29, 1.82) is 0 Å². The van der Waals surface area contributed by atoms with Crippen molar-refractivity contribution in [2.24, 2.45) is 5.92 Å². The van der Waals surface area contributed by atoms with Crippen LogP contribution in [0, 0.1) is 16.0 Å². The lowest BCUT2D eigenvalue weighted by molar-refractivity contribution is -0.384. The van der Waals surface area contributed by atoms with Crippen LogP contribution in [0.1, 0.15) is 31.2 Å². The van der Waals surface area contributed by atoms with Crippen molar-refractivity contribution < 1.29 is 14.5 Å². The molecule has 2 heterocycles. The molecule has 2 aromatic carbocycles.